The van der Waals surface area contributed by atoms with Gasteiger partial charge in [-0.1, -0.05) is 225 Å². The maximum absolute atomic E-state index is 12.5. The molecule has 0 rings (SSSR count). The Balaban J connectivity index is 3.60. The van der Waals surface area contributed by atoms with E-state index in [9.17, 15) is 25.2 Å². The number of rotatable bonds is 43. The summed E-state index contributed by atoms with van der Waals surface area (Å²) in [5.41, 5.74) is 0. The number of amides is 1. The average molecular weight is 752 g/mol. The second kappa shape index (κ2) is 42.2. The van der Waals surface area contributed by atoms with Crippen LogP contribution in [-0.4, -0.2) is 57.3 Å². The lowest BCUT2D eigenvalue weighted by Crippen LogP contribution is -2.53. The molecule has 0 aromatic rings. The number of unbranched alkanes of at least 4 members (excludes halogenated alkanes) is 32. The number of allylic oxidation sites excluding steroid dienone is 2. The van der Waals surface area contributed by atoms with Gasteiger partial charge in [0, 0.05) is 0 Å². The average Bonchev–Trinajstić information content (AvgIpc) is 3.16. The Morgan fingerprint density at radius 1 is 0.453 bits per heavy atom. The van der Waals surface area contributed by atoms with E-state index in [1.807, 2.05) is 0 Å². The van der Waals surface area contributed by atoms with Crippen molar-refractivity contribution < 1.29 is 25.2 Å². The Morgan fingerprint density at radius 3 is 1.09 bits per heavy atom. The summed E-state index contributed by atoms with van der Waals surface area (Å²) in [5.74, 6) is -0.583. The third-order valence-corrected chi connectivity index (χ3v) is 11.2. The van der Waals surface area contributed by atoms with Crippen molar-refractivity contribution in [1.29, 1.82) is 0 Å². The zero-order valence-electron chi connectivity index (χ0n) is 35.5. The van der Waals surface area contributed by atoms with Crippen LogP contribution in [0.5, 0.6) is 0 Å². The summed E-state index contributed by atoms with van der Waals surface area (Å²) < 4.78 is 0. The molecule has 1 amide bonds. The van der Waals surface area contributed by atoms with E-state index < -0.39 is 36.9 Å². The van der Waals surface area contributed by atoms with Gasteiger partial charge in [0.05, 0.1) is 18.8 Å². The topological polar surface area (TPSA) is 110 Å². The SMILES string of the molecule is CCCCCCCCCCCCCC/C=C\CCCCCCCCCCCCCC(O)C(=O)NC(CO)C(O)C(O)CCCCCCCCCCCC. The third kappa shape index (κ3) is 36.4. The van der Waals surface area contributed by atoms with E-state index in [2.05, 4.69) is 31.3 Å². The van der Waals surface area contributed by atoms with Crippen molar-refractivity contribution in [3.05, 3.63) is 12.2 Å². The van der Waals surface area contributed by atoms with Gasteiger partial charge in [-0.05, 0) is 38.5 Å². The number of aliphatic hydroxyl groups excluding tert-OH is 4. The zero-order valence-corrected chi connectivity index (χ0v) is 35.5. The van der Waals surface area contributed by atoms with E-state index in [0.717, 1.165) is 38.5 Å². The number of carbonyl (C=O) groups is 1. The van der Waals surface area contributed by atoms with Crippen molar-refractivity contribution in [2.75, 3.05) is 6.61 Å². The lowest BCUT2D eigenvalue weighted by Gasteiger charge is -2.27. The van der Waals surface area contributed by atoms with Crippen molar-refractivity contribution in [2.24, 2.45) is 0 Å². The molecule has 0 aliphatic heterocycles. The van der Waals surface area contributed by atoms with Crippen LogP contribution in [0.2, 0.25) is 0 Å². The fourth-order valence-electron chi connectivity index (χ4n) is 7.46. The minimum absolute atomic E-state index is 0.371. The second-order valence-corrected chi connectivity index (χ2v) is 16.5. The normalized spacial score (nSPS) is 14.2. The van der Waals surface area contributed by atoms with Crippen molar-refractivity contribution in [2.45, 2.75) is 276 Å². The molecule has 0 aliphatic carbocycles. The molecule has 0 radical (unpaired) electrons. The first kappa shape index (κ1) is 52.0. The summed E-state index contributed by atoms with van der Waals surface area (Å²) in [5, 5.41) is 43.6. The quantitative estimate of drug-likeness (QED) is 0.0315. The molecule has 6 heteroatoms. The Hall–Kier alpha value is -0.950. The molecule has 0 heterocycles. The molecule has 0 saturated carbocycles. The molecule has 6 nitrogen and oxygen atoms in total. The summed E-state index contributed by atoms with van der Waals surface area (Å²) in [7, 11) is 0. The van der Waals surface area contributed by atoms with Crippen LogP contribution < -0.4 is 5.32 Å². The molecular weight excluding hydrogens is 659 g/mol. The molecule has 0 spiro atoms. The Kier molecular flexibility index (Phi) is 41.4. The van der Waals surface area contributed by atoms with E-state index in [0.29, 0.717) is 12.8 Å². The predicted octanol–water partition coefficient (Wildman–Crippen LogP) is 12.6. The highest BCUT2D eigenvalue weighted by Gasteiger charge is 2.28. The van der Waals surface area contributed by atoms with Gasteiger partial charge in [0.2, 0.25) is 5.91 Å². The molecule has 53 heavy (non-hydrogen) atoms. The first-order valence-electron chi connectivity index (χ1n) is 23.6. The number of aliphatic hydroxyl groups is 4. The number of nitrogens with one attached hydrogen (secondary N) is 1. The molecule has 0 aromatic heterocycles. The van der Waals surface area contributed by atoms with Crippen LogP contribution in [0, 0.1) is 0 Å². The summed E-state index contributed by atoms with van der Waals surface area (Å²) in [6, 6.07) is -0.981. The zero-order chi connectivity index (χ0) is 38.9. The molecule has 5 N–H and O–H groups in total. The highest BCUT2D eigenvalue weighted by molar-refractivity contribution is 5.80. The van der Waals surface area contributed by atoms with Gasteiger partial charge >= 0.3 is 0 Å². The lowest BCUT2D eigenvalue weighted by molar-refractivity contribution is -0.132. The van der Waals surface area contributed by atoms with E-state index in [1.165, 1.54) is 186 Å². The lowest BCUT2D eigenvalue weighted by atomic mass is 9.99. The molecule has 0 saturated heterocycles. The van der Waals surface area contributed by atoms with Crippen molar-refractivity contribution >= 4 is 5.91 Å². The Labute approximate surface area is 330 Å². The molecule has 0 bridgehead atoms. The van der Waals surface area contributed by atoms with Gasteiger partial charge in [0.1, 0.15) is 12.2 Å². The van der Waals surface area contributed by atoms with Gasteiger partial charge in [-0.2, -0.15) is 0 Å². The molecule has 4 unspecified atom stereocenters. The minimum atomic E-state index is -1.25. The summed E-state index contributed by atoms with van der Waals surface area (Å²) in [6.45, 7) is 4.04. The molecule has 0 aliphatic rings. The minimum Gasteiger partial charge on any atom is -0.394 e. The maximum Gasteiger partial charge on any atom is 0.249 e. The molecule has 0 fully saturated rings. The fourth-order valence-corrected chi connectivity index (χ4v) is 7.46. The van der Waals surface area contributed by atoms with Gasteiger partial charge < -0.3 is 25.7 Å². The van der Waals surface area contributed by atoms with E-state index in [1.54, 1.807) is 0 Å². The highest BCUT2D eigenvalue weighted by Crippen LogP contribution is 2.17. The smallest absolute Gasteiger partial charge is 0.249 e. The Morgan fingerprint density at radius 2 is 0.755 bits per heavy atom. The van der Waals surface area contributed by atoms with Crippen LogP contribution in [0.1, 0.15) is 251 Å². The first-order chi connectivity index (χ1) is 26.0. The van der Waals surface area contributed by atoms with Gasteiger partial charge in [-0.3, -0.25) is 4.79 Å². The summed E-state index contributed by atoms with van der Waals surface area (Å²) in [6.07, 6.45) is 46.9. The molecule has 0 aromatic carbocycles. The van der Waals surface area contributed by atoms with Gasteiger partial charge in [0.25, 0.3) is 0 Å². The molecule has 316 valence electrons. The van der Waals surface area contributed by atoms with Crippen LogP contribution in [0.4, 0.5) is 0 Å². The van der Waals surface area contributed by atoms with Crippen LogP contribution in [-0.2, 0) is 4.79 Å². The van der Waals surface area contributed by atoms with Crippen molar-refractivity contribution in [3.63, 3.8) is 0 Å². The van der Waals surface area contributed by atoms with E-state index >= 15 is 0 Å². The monoisotopic (exact) mass is 752 g/mol. The predicted molar refractivity (Wildman–Crippen MR) is 228 cm³/mol. The largest absolute Gasteiger partial charge is 0.394 e. The van der Waals surface area contributed by atoms with Crippen molar-refractivity contribution in [1.82, 2.24) is 5.32 Å². The standard InChI is InChI=1S/C47H93NO5/c1-3-5-7-9-11-13-15-16-17-18-19-20-21-22-23-24-25-26-27-28-29-30-31-33-35-37-39-41-45(51)47(53)48-43(42-49)46(52)44(50)40-38-36-34-32-14-12-10-8-6-4-2/h22-23,43-46,49-52H,3-21,24-42H2,1-2H3,(H,48,53)/b23-22-. The number of carbonyl (C=O) groups excluding carboxylic acids is 1. The summed E-state index contributed by atoms with van der Waals surface area (Å²) >= 11 is 0. The number of hydrogen-bond acceptors (Lipinski definition) is 5. The molecular formula is C47H93NO5. The van der Waals surface area contributed by atoms with Crippen LogP contribution >= 0.6 is 0 Å². The van der Waals surface area contributed by atoms with Crippen molar-refractivity contribution in [3.8, 4) is 0 Å². The van der Waals surface area contributed by atoms with E-state index in [4.69, 9.17) is 0 Å². The molecule has 4 atom stereocenters. The van der Waals surface area contributed by atoms with Crippen LogP contribution in [0.15, 0.2) is 12.2 Å². The third-order valence-electron chi connectivity index (χ3n) is 11.2. The maximum atomic E-state index is 12.5. The van der Waals surface area contributed by atoms with Crippen LogP contribution in [0.25, 0.3) is 0 Å². The van der Waals surface area contributed by atoms with Gasteiger partial charge in [-0.25, -0.2) is 0 Å². The van der Waals surface area contributed by atoms with Gasteiger partial charge in [-0.15, -0.1) is 0 Å². The second-order valence-electron chi connectivity index (χ2n) is 16.5. The van der Waals surface area contributed by atoms with Gasteiger partial charge in [0.15, 0.2) is 0 Å². The number of hydrogen-bond donors (Lipinski definition) is 5. The van der Waals surface area contributed by atoms with E-state index in [-0.39, 0.29) is 0 Å². The highest BCUT2D eigenvalue weighted by atomic mass is 16.3. The first-order valence-corrected chi connectivity index (χ1v) is 23.6. The fraction of sp³-hybridized carbons (Fsp3) is 0.936. The Bertz CT molecular complexity index is 761. The van der Waals surface area contributed by atoms with Crippen LogP contribution in [0.3, 0.4) is 0 Å². The summed E-state index contributed by atoms with van der Waals surface area (Å²) in [4.78, 5) is 12.5.